The monoisotopic (exact) mass is 286 g/mol. The van der Waals surface area contributed by atoms with E-state index in [1.807, 2.05) is 0 Å². The maximum Gasteiger partial charge on any atom is 0.416 e. The van der Waals surface area contributed by atoms with Crippen LogP contribution in [-0.4, -0.2) is 10.9 Å². The maximum absolute atomic E-state index is 12.6. The van der Waals surface area contributed by atoms with Gasteiger partial charge in [-0.1, -0.05) is 12.1 Å². The molecule has 1 aromatic heterocycles. The van der Waals surface area contributed by atoms with Gasteiger partial charge in [-0.05, 0) is 24.6 Å². The van der Waals surface area contributed by atoms with Gasteiger partial charge >= 0.3 is 6.18 Å². The van der Waals surface area contributed by atoms with Crippen LogP contribution in [0, 0.1) is 0 Å². The Morgan fingerprint density at radius 1 is 1.32 bits per heavy atom. The second-order valence-corrected chi connectivity index (χ2v) is 4.84. The van der Waals surface area contributed by atoms with Crippen LogP contribution in [0.2, 0.25) is 0 Å². The minimum atomic E-state index is -4.44. The van der Waals surface area contributed by atoms with Crippen LogP contribution >= 0.6 is 11.3 Å². The van der Waals surface area contributed by atoms with Gasteiger partial charge in [-0.25, -0.2) is 0 Å². The van der Waals surface area contributed by atoms with Gasteiger partial charge in [0.05, 0.1) is 16.0 Å². The van der Waals surface area contributed by atoms with Gasteiger partial charge < -0.3 is 5.11 Å². The Morgan fingerprint density at radius 2 is 2.00 bits per heavy atom. The lowest BCUT2D eigenvalue weighted by Gasteiger charge is -2.08. The summed E-state index contributed by atoms with van der Waals surface area (Å²) in [6.45, 7) is 1.29. The zero-order valence-corrected chi connectivity index (χ0v) is 10.6. The van der Waals surface area contributed by atoms with Crippen LogP contribution in [0.5, 0.6) is 5.75 Å². The molecule has 0 saturated carbocycles. The molecule has 1 N–H and O–H groups in total. The highest BCUT2D eigenvalue weighted by molar-refractivity contribution is 7.14. The zero-order valence-electron chi connectivity index (χ0n) is 9.78. The summed E-state index contributed by atoms with van der Waals surface area (Å²) in [6.07, 6.45) is -4.44. The topological polar surface area (TPSA) is 37.3 Å². The first kappa shape index (κ1) is 13.6. The fourth-order valence-electron chi connectivity index (χ4n) is 1.64. The minimum absolute atomic E-state index is 0.123. The van der Waals surface area contributed by atoms with Gasteiger partial charge in [-0.15, -0.1) is 11.3 Å². The molecule has 1 aromatic carbocycles. The predicted molar refractivity (Wildman–Crippen MR) is 66.4 cm³/mol. The van der Waals surface area contributed by atoms with Gasteiger partial charge in [0.1, 0.15) is 5.75 Å². The number of alkyl halides is 3. The normalized spacial score (nSPS) is 11.6. The largest absolute Gasteiger partial charge is 0.506 e. The molecule has 6 heteroatoms. The van der Waals surface area contributed by atoms with Crippen molar-refractivity contribution in [3.63, 3.8) is 0 Å². The van der Waals surface area contributed by atoms with Crippen molar-refractivity contribution in [3.05, 3.63) is 40.8 Å². The van der Waals surface area contributed by atoms with Gasteiger partial charge in [-0.3, -0.25) is 4.79 Å². The standard InChI is InChI=1S/C13H9F3O2S/c1-7(17)10-6-19-12(11(10)18)8-3-2-4-9(5-8)13(14,15)16/h2-6,18H,1H3. The second kappa shape index (κ2) is 4.70. The third-order valence-corrected chi connectivity index (χ3v) is 3.61. The van der Waals surface area contributed by atoms with Crippen molar-refractivity contribution in [2.75, 3.05) is 0 Å². The van der Waals surface area contributed by atoms with E-state index in [1.165, 1.54) is 24.4 Å². The van der Waals surface area contributed by atoms with E-state index in [0.717, 1.165) is 23.5 Å². The van der Waals surface area contributed by atoms with E-state index in [9.17, 15) is 23.1 Å². The molecule has 2 nitrogen and oxygen atoms in total. The number of carbonyl (C=O) groups excluding carboxylic acids is 1. The molecule has 0 bridgehead atoms. The number of ketones is 1. The van der Waals surface area contributed by atoms with Crippen LogP contribution in [0.3, 0.4) is 0 Å². The quantitative estimate of drug-likeness (QED) is 0.834. The molecular formula is C13H9F3O2S. The summed E-state index contributed by atoms with van der Waals surface area (Å²) in [6, 6.07) is 4.64. The summed E-state index contributed by atoms with van der Waals surface area (Å²) < 4.78 is 37.8. The molecule has 0 aliphatic rings. The lowest BCUT2D eigenvalue weighted by molar-refractivity contribution is -0.137. The molecule has 100 valence electrons. The summed E-state index contributed by atoms with van der Waals surface area (Å²) in [5.41, 5.74) is -0.426. The van der Waals surface area contributed by atoms with Gasteiger partial charge in [0, 0.05) is 5.38 Å². The fourth-order valence-corrected chi connectivity index (χ4v) is 2.64. The highest BCUT2D eigenvalue weighted by atomic mass is 32.1. The number of thiophene rings is 1. The summed E-state index contributed by atoms with van der Waals surface area (Å²) >= 11 is 1.04. The first-order valence-corrected chi connectivity index (χ1v) is 6.17. The lowest BCUT2D eigenvalue weighted by Crippen LogP contribution is -2.04. The Balaban J connectivity index is 2.51. The molecule has 19 heavy (non-hydrogen) atoms. The van der Waals surface area contributed by atoms with Crippen LogP contribution in [0.4, 0.5) is 13.2 Å². The number of halogens is 3. The van der Waals surface area contributed by atoms with E-state index in [0.29, 0.717) is 0 Å². The third-order valence-electron chi connectivity index (χ3n) is 2.60. The van der Waals surface area contributed by atoms with Crippen molar-refractivity contribution in [1.82, 2.24) is 0 Å². The number of Topliss-reactive ketones (excluding diaryl/α,β-unsaturated/α-hetero) is 1. The Bertz CT molecular complexity index is 629. The molecular weight excluding hydrogens is 277 g/mol. The Kier molecular flexibility index (Phi) is 3.36. The van der Waals surface area contributed by atoms with Crippen molar-refractivity contribution in [2.24, 2.45) is 0 Å². The number of rotatable bonds is 2. The first-order valence-electron chi connectivity index (χ1n) is 5.29. The Hall–Kier alpha value is -1.82. The SMILES string of the molecule is CC(=O)c1csc(-c2cccc(C(F)(F)F)c2)c1O. The van der Waals surface area contributed by atoms with Crippen LogP contribution < -0.4 is 0 Å². The minimum Gasteiger partial charge on any atom is -0.506 e. The summed E-state index contributed by atoms with van der Waals surface area (Å²) in [4.78, 5) is 11.5. The van der Waals surface area contributed by atoms with Crippen LogP contribution in [0.25, 0.3) is 10.4 Å². The van der Waals surface area contributed by atoms with Crippen LogP contribution in [-0.2, 0) is 6.18 Å². The van der Waals surface area contributed by atoms with E-state index >= 15 is 0 Å². The molecule has 2 rings (SSSR count). The third kappa shape index (κ3) is 2.63. The number of benzene rings is 1. The summed E-state index contributed by atoms with van der Waals surface area (Å²) in [5, 5.41) is 11.3. The van der Waals surface area contributed by atoms with Gasteiger partial charge in [0.25, 0.3) is 0 Å². The number of hydrogen-bond acceptors (Lipinski definition) is 3. The molecule has 2 aromatic rings. The van der Waals surface area contributed by atoms with E-state index in [1.54, 1.807) is 0 Å². The molecule has 0 saturated heterocycles. The van der Waals surface area contributed by atoms with Crippen molar-refractivity contribution >= 4 is 17.1 Å². The van der Waals surface area contributed by atoms with Crippen molar-refractivity contribution in [3.8, 4) is 16.2 Å². The molecule has 0 spiro atoms. The van der Waals surface area contributed by atoms with E-state index in [4.69, 9.17) is 0 Å². The molecule has 0 unspecified atom stereocenters. The van der Waals surface area contributed by atoms with Gasteiger partial charge in [0.15, 0.2) is 5.78 Å². The summed E-state index contributed by atoms with van der Waals surface area (Å²) in [5.74, 6) is -0.594. The molecule has 0 atom stereocenters. The number of aromatic hydroxyl groups is 1. The van der Waals surface area contributed by atoms with Crippen molar-refractivity contribution in [1.29, 1.82) is 0 Å². The van der Waals surface area contributed by atoms with Gasteiger partial charge in [-0.2, -0.15) is 13.2 Å². The average Bonchev–Trinajstić information content (AvgIpc) is 2.70. The average molecular weight is 286 g/mol. The lowest BCUT2D eigenvalue weighted by atomic mass is 10.1. The molecule has 0 amide bonds. The van der Waals surface area contributed by atoms with Crippen LogP contribution in [0.1, 0.15) is 22.8 Å². The molecule has 0 aliphatic heterocycles. The highest BCUT2D eigenvalue weighted by Crippen LogP contribution is 2.40. The van der Waals surface area contributed by atoms with E-state index in [2.05, 4.69) is 0 Å². The summed E-state index contributed by atoms with van der Waals surface area (Å²) in [7, 11) is 0. The number of hydrogen-bond donors (Lipinski definition) is 1. The smallest absolute Gasteiger partial charge is 0.416 e. The second-order valence-electron chi connectivity index (χ2n) is 3.96. The molecule has 0 fully saturated rings. The van der Waals surface area contributed by atoms with Crippen molar-refractivity contribution < 1.29 is 23.1 Å². The fraction of sp³-hybridized carbons (Fsp3) is 0.154. The highest BCUT2D eigenvalue weighted by Gasteiger charge is 2.30. The molecule has 1 heterocycles. The first-order chi connectivity index (χ1) is 8.80. The predicted octanol–water partition coefficient (Wildman–Crippen LogP) is 4.34. The Labute approximate surface area is 111 Å². The molecule has 0 radical (unpaired) electrons. The van der Waals surface area contributed by atoms with Crippen LogP contribution in [0.15, 0.2) is 29.6 Å². The van der Waals surface area contributed by atoms with E-state index in [-0.39, 0.29) is 27.5 Å². The Morgan fingerprint density at radius 3 is 2.53 bits per heavy atom. The van der Waals surface area contributed by atoms with Crippen molar-refractivity contribution in [2.45, 2.75) is 13.1 Å². The maximum atomic E-state index is 12.6. The van der Waals surface area contributed by atoms with Gasteiger partial charge in [0.2, 0.25) is 0 Å². The molecule has 0 aliphatic carbocycles. The van der Waals surface area contributed by atoms with E-state index < -0.39 is 11.7 Å². The zero-order chi connectivity index (χ0) is 14.2. The number of carbonyl (C=O) groups is 1.